The summed E-state index contributed by atoms with van der Waals surface area (Å²) in [5, 5.41) is 5.43. The number of benzene rings is 4. The first-order chi connectivity index (χ1) is 21.9. The van der Waals surface area contributed by atoms with E-state index in [-0.39, 0.29) is 0 Å². The molecule has 6 aromatic rings. The van der Waals surface area contributed by atoms with Gasteiger partial charge in [0, 0.05) is 56.7 Å². The van der Waals surface area contributed by atoms with Gasteiger partial charge in [-0.2, -0.15) is 0 Å². The Kier molecular flexibility index (Phi) is 23.8. The Morgan fingerprint density at radius 1 is 0.289 bits per heavy atom. The highest BCUT2D eigenvalue weighted by molar-refractivity contribution is 6.08. The second-order valence-electron chi connectivity index (χ2n) is 11.1. The third-order valence-electron chi connectivity index (χ3n) is 5.99. The van der Waals surface area contributed by atoms with Gasteiger partial charge < -0.3 is 9.13 Å². The Morgan fingerprint density at radius 2 is 0.444 bits per heavy atom. The number of hydrogen-bond donors (Lipinski definition) is 0. The smallest absolute Gasteiger partial charge is 0.0491 e. The zero-order chi connectivity index (χ0) is 34.0. The van der Waals surface area contributed by atoms with Crippen molar-refractivity contribution < 1.29 is 0 Å². The fourth-order valence-corrected chi connectivity index (χ4v) is 4.69. The van der Waals surface area contributed by atoms with Crippen molar-refractivity contribution in [2.24, 2.45) is 0 Å². The van der Waals surface area contributed by atoms with Gasteiger partial charge in [-0.25, -0.2) is 0 Å². The number of aryl methyl sites for hydroxylation is 2. The second kappa shape index (κ2) is 25.8. The van der Waals surface area contributed by atoms with Crippen molar-refractivity contribution in [2.75, 3.05) is 0 Å². The molecule has 0 aliphatic heterocycles. The minimum absolute atomic E-state index is 1.02. The van der Waals surface area contributed by atoms with Crippen LogP contribution in [0, 0.1) is 0 Å². The average molecular weight is 611 g/mol. The maximum absolute atomic E-state index is 2.37. The summed E-state index contributed by atoms with van der Waals surface area (Å²) >= 11 is 0. The molecule has 0 unspecified atom stereocenters. The van der Waals surface area contributed by atoms with Crippen LogP contribution in [0.2, 0.25) is 0 Å². The molecule has 2 nitrogen and oxygen atoms in total. The van der Waals surface area contributed by atoms with Crippen LogP contribution in [0.1, 0.15) is 115 Å². The minimum atomic E-state index is 1.02. The van der Waals surface area contributed by atoms with E-state index in [1.54, 1.807) is 0 Å². The Morgan fingerprint density at radius 3 is 0.600 bits per heavy atom. The van der Waals surface area contributed by atoms with Gasteiger partial charge in [-0.15, -0.1) is 0 Å². The van der Waals surface area contributed by atoms with Crippen LogP contribution in [-0.4, -0.2) is 9.13 Å². The first kappa shape index (κ1) is 41.5. The van der Waals surface area contributed by atoms with E-state index in [0.29, 0.717) is 0 Å². The van der Waals surface area contributed by atoms with Crippen molar-refractivity contribution in [1.82, 2.24) is 9.13 Å². The number of nitrogens with zero attached hydrogens (tertiary/aromatic N) is 2. The summed E-state index contributed by atoms with van der Waals surface area (Å²) in [6.07, 6.45) is 6.25. The normalized spacial score (nSPS) is 9.51. The molecule has 6 rings (SSSR count). The van der Waals surface area contributed by atoms with E-state index in [0.717, 1.165) is 13.1 Å². The molecule has 2 heterocycles. The van der Waals surface area contributed by atoms with Crippen LogP contribution in [0.3, 0.4) is 0 Å². The zero-order valence-electron chi connectivity index (χ0n) is 31.1. The minimum Gasteiger partial charge on any atom is -0.341 e. The first-order valence-electron chi connectivity index (χ1n) is 17.8. The zero-order valence-corrected chi connectivity index (χ0v) is 31.1. The number of hydrogen-bond acceptors (Lipinski definition) is 0. The van der Waals surface area contributed by atoms with Gasteiger partial charge in [0.05, 0.1) is 0 Å². The van der Waals surface area contributed by atoms with Gasteiger partial charge in [-0.05, 0) is 38.1 Å². The molecule has 0 spiro atoms. The summed E-state index contributed by atoms with van der Waals surface area (Å²) in [4.78, 5) is 0. The molecule has 2 heteroatoms. The molecular weight excluding hydrogens is 544 g/mol. The van der Waals surface area contributed by atoms with E-state index < -0.39 is 0 Å². The highest BCUT2D eigenvalue weighted by atomic mass is 15.0. The van der Waals surface area contributed by atoms with E-state index in [9.17, 15) is 0 Å². The molecule has 2 aromatic heterocycles. The molecule has 0 N–H and O–H groups in total. The molecule has 0 aliphatic carbocycles. The van der Waals surface area contributed by atoms with Crippen molar-refractivity contribution in [3.05, 3.63) is 97.1 Å². The van der Waals surface area contributed by atoms with Crippen LogP contribution < -0.4 is 0 Å². The second-order valence-corrected chi connectivity index (χ2v) is 11.1. The fraction of sp³-hybridized carbons (Fsp3) is 0.442. The van der Waals surface area contributed by atoms with Gasteiger partial charge >= 0.3 is 0 Å². The molecule has 0 saturated carbocycles. The maximum atomic E-state index is 2.37. The van der Waals surface area contributed by atoms with Crippen LogP contribution in [0.5, 0.6) is 0 Å². The van der Waals surface area contributed by atoms with Crippen molar-refractivity contribution in [1.29, 1.82) is 0 Å². The highest BCUT2D eigenvalue weighted by Crippen LogP contribution is 2.29. The van der Waals surface area contributed by atoms with Crippen molar-refractivity contribution in [3.8, 4) is 0 Å². The van der Waals surface area contributed by atoms with Gasteiger partial charge in [0.2, 0.25) is 0 Å². The van der Waals surface area contributed by atoms with Gasteiger partial charge in [0.15, 0.2) is 0 Å². The van der Waals surface area contributed by atoms with Crippen LogP contribution in [0.25, 0.3) is 43.6 Å². The third kappa shape index (κ3) is 12.8. The van der Waals surface area contributed by atoms with Crippen molar-refractivity contribution in [3.63, 3.8) is 0 Å². The highest BCUT2D eigenvalue weighted by Gasteiger charge is 2.08. The molecule has 0 aliphatic rings. The molecule has 0 radical (unpaired) electrons. The van der Waals surface area contributed by atoms with E-state index >= 15 is 0 Å². The Labute approximate surface area is 277 Å². The van der Waals surface area contributed by atoms with E-state index in [4.69, 9.17) is 0 Å². The summed E-state index contributed by atoms with van der Waals surface area (Å²) < 4.78 is 4.73. The van der Waals surface area contributed by atoms with Gasteiger partial charge in [-0.1, -0.05) is 174 Å². The monoisotopic (exact) mass is 611 g/mol. The quantitative estimate of drug-likeness (QED) is 0.185. The van der Waals surface area contributed by atoms with Crippen LogP contribution in [0.15, 0.2) is 97.1 Å². The van der Waals surface area contributed by atoms with Gasteiger partial charge in [-0.3, -0.25) is 0 Å². The summed E-state index contributed by atoms with van der Waals surface area (Å²) in [5.41, 5.74) is 5.34. The molecule has 0 fully saturated rings. The van der Waals surface area contributed by atoms with Crippen molar-refractivity contribution >= 4 is 43.6 Å². The predicted molar refractivity (Wildman–Crippen MR) is 210 cm³/mol. The Balaban J connectivity index is 0.000000603. The number of fused-ring (bicyclic) bond motifs is 6. The van der Waals surface area contributed by atoms with Gasteiger partial charge in [0.1, 0.15) is 0 Å². The first-order valence-corrected chi connectivity index (χ1v) is 17.8. The van der Waals surface area contributed by atoms with Crippen molar-refractivity contribution in [2.45, 2.75) is 128 Å². The van der Waals surface area contributed by atoms with Gasteiger partial charge in [0.25, 0.3) is 0 Å². The maximum Gasteiger partial charge on any atom is 0.0491 e. The molecule has 0 saturated heterocycles. The SMILES string of the molecule is CCC.CCC.CCC.CCC.CCC.CCn1c2ccccc2c2ccccc21.CCn1c2ccccc2c2ccccc21. The lowest BCUT2D eigenvalue weighted by atomic mass is 10.2. The average Bonchev–Trinajstić information content (AvgIpc) is 3.56. The topological polar surface area (TPSA) is 9.86 Å². The van der Waals surface area contributed by atoms with E-state index in [1.807, 2.05) is 0 Å². The lowest BCUT2D eigenvalue weighted by Crippen LogP contribution is -1.91. The van der Waals surface area contributed by atoms with Crippen LogP contribution in [0.4, 0.5) is 0 Å². The Bertz CT molecular complexity index is 1320. The summed E-state index contributed by atoms with van der Waals surface area (Å²) in [6, 6.07) is 34.4. The molecule has 4 aromatic carbocycles. The molecule has 0 amide bonds. The molecule has 45 heavy (non-hydrogen) atoms. The fourth-order valence-electron chi connectivity index (χ4n) is 4.69. The third-order valence-corrected chi connectivity index (χ3v) is 5.99. The standard InChI is InChI=1S/2C14H13N.5C3H8/c2*1-2-15-13-9-5-3-7-11(13)12-8-4-6-10-14(12)15;5*1-3-2/h2*3-10H,2H2,1H3;5*3H2,1-2H3. The summed E-state index contributed by atoms with van der Waals surface area (Å²) in [7, 11) is 0. The number of para-hydroxylation sites is 4. The summed E-state index contributed by atoms with van der Waals surface area (Å²) in [5.74, 6) is 0. The summed E-state index contributed by atoms with van der Waals surface area (Å²) in [6.45, 7) is 27.7. The predicted octanol–water partition coefficient (Wildman–Crippen LogP) is 14.7. The van der Waals surface area contributed by atoms with E-state index in [2.05, 4.69) is 189 Å². The molecule has 0 atom stereocenters. The molecular formula is C43H66N2. The largest absolute Gasteiger partial charge is 0.341 e. The van der Waals surface area contributed by atoms with Crippen LogP contribution >= 0.6 is 0 Å². The Hall–Kier alpha value is -3.52. The van der Waals surface area contributed by atoms with Crippen LogP contribution in [-0.2, 0) is 13.1 Å². The number of rotatable bonds is 2. The lowest BCUT2D eigenvalue weighted by Gasteiger charge is -2.01. The van der Waals surface area contributed by atoms with E-state index in [1.165, 1.54) is 75.7 Å². The molecule has 0 bridgehead atoms. The molecule has 248 valence electrons. The number of aromatic nitrogens is 2. The lowest BCUT2D eigenvalue weighted by molar-refractivity contribution is 0.827.